The van der Waals surface area contributed by atoms with Crippen molar-refractivity contribution in [2.75, 3.05) is 7.11 Å². The summed E-state index contributed by atoms with van der Waals surface area (Å²) in [6.07, 6.45) is 0. The fraction of sp³-hybridized carbons (Fsp3) is 0.133. The maximum atomic E-state index is 13.0. The van der Waals surface area contributed by atoms with Crippen LogP contribution in [0.2, 0.25) is 5.02 Å². The molecule has 4 heteroatoms. The number of halogens is 2. The summed E-state index contributed by atoms with van der Waals surface area (Å²) in [7, 11) is 1.49. The van der Waals surface area contributed by atoms with Gasteiger partial charge in [-0.15, -0.1) is 0 Å². The molecule has 0 fully saturated rings. The van der Waals surface area contributed by atoms with Crippen molar-refractivity contribution in [2.24, 2.45) is 0 Å². The monoisotopic (exact) mass is 278 g/mol. The molecule has 0 saturated heterocycles. The van der Waals surface area contributed by atoms with Crippen LogP contribution in [0.1, 0.15) is 21.5 Å². The molecule has 0 radical (unpaired) electrons. The van der Waals surface area contributed by atoms with Gasteiger partial charge in [0, 0.05) is 5.56 Å². The van der Waals surface area contributed by atoms with E-state index in [0.717, 1.165) is 11.6 Å². The van der Waals surface area contributed by atoms with E-state index in [1.54, 1.807) is 12.1 Å². The summed E-state index contributed by atoms with van der Waals surface area (Å²) < 4.78 is 18.2. The van der Waals surface area contributed by atoms with Crippen LogP contribution in [0, 0.1) is 12.7 Å². The summed E-state index contributed by atoms with van der Waals surface area (Å²) in [5, 5.41) is 0.0913. The molecular weight excluding hydrogens is 267 g/mol. The highest BCUT2D eigenvalue weighted by Gasteiger charge is 2.17. The Morgan fingerprint density at radius 1 is 1.16 bits per heavy atom. The van der Waals surface area contributed by atoms with Crippen LogP contribution in [-0.2, 0) is 0 Å². The number of carbonyl (C=O) groups excluding carboxylic acids is 1. The first-order valence-corrected chi connectivity index (χ1v) is 6.05. The van der Waals surface area contributed by atoms with Crippen molar-refractivity contribution < 1.29 is 13.9 Å². The van der Waals surface area contributed by atoms with Crippen molar-refractivity contribution in [1.82, 2.24) is 0 Å². The lowest BCUT2D eigenvalue weighted by Crippen LogP contribution is -2.05. The first kappa shape index (κ1) is 13.6. The molecule has 0 aliphatic heterocycles. The number of hydrogen-bond acceptors (Lipinski definition) is 2. The van der Waals surface area contributed by atoms with E-state index >= 15 is 0 Å². The molecule has 2 nitrogen and oxygen atoms in total. The molecule has 0 heterocycles. The Bertz CT molecular complexity index is 638. The average Bonchev–Trinajstić information content (AvgIpc) is 2.38. The van der Waals surface area contributed by atoms with Gasteiger partial charge in [-0.3, -0.25) is 4.79 Å². The Morgan fingerprint density at radius 2 is 1.89 bits per heavy atom. The highest BCUT2D eigenvalue weighted by atomic mass is 35.5. The van der Waals surface area contributed by atoms with Crippen LogP contribution in [0.25, 0.3) is 0 Å². The predicted molar refractivity (Wildman–Crippen MR) is 72.6 cm³/mol. The Balaban J connectivity index is 2.52. The molecule has 0 aliphatic carbocycles. The SMILES string of the molecule is COc1ccc(C)cc1C(=O)c1ccc(F)cc1Cl. The fourth-order valence-electron chi connectivity index (χ4n) is 1.82. The number of aryl methyl sites for hydroxylation is 1. The topological polar surface area (TPSA) is 26.3 Å². The van der Waals surface area contributed by atoms with Crippen molar-refractivity contribution >= 4 is 17.4 Å². The maximum Gasteiger partial charge on any atom is 0.198 e. The number of ketones is 1. The minimum Gasteiger partial charge on any atom is -0.496 e. The molecule has 2 rings (SSSR count). The van der Waals surface area contributed by atoms with E-state index < -0.39 is 5.82 Å². The summed E-state index contributed by atoms with van der Waals surface area (Å²) in [6.45, 7) is 1.88. The van der Waals surface area contributed by atoms with Gasteiger partial charge < -0.3 is 4.74 Å². The largest absolute Gasteiger partial charge is 0.496 e. The van der Waals surface area contributed by atoms with Crippen LogP contribution >= 0.6 is 11.6 Å². The van der Waals surface area contributed by atoms with Crippen LogP contribution in [0.3, 0.4) is 0 Å². The van der Waals surface area contributed by atoms with Crippen LogP contribution in [-0.4, -0.2) is 12.9 Å². The van der Waals surface area contributed by atoms with Crippen molar-refractivity contribution in [1.29, 1.82) is 0 Å². The number of ether oxygens (including phenoxy) is 1. The molecule has 0 aromatic heterocycles. The third-order valence-electron chi connectivity index (χ3n) is 2.78. The van der Waals surface area contributed by atoms with Gasteiger partial charge in [-0.25, -0.2) is 4.39 Å². The van der Waals surface area contributed by atoms with Crippen LogP contribution in [0.4, 0.5) is 4.39 Å². The van der Waals surface area contributed by atoms with E-state index in [-0.39, 0.29) is 16.4 Å². The lowest BCUT2D eigenvalue weighted by Gasteiger charge is -2.09. The molecule has 0 aliphatic rings. The van der Waals surface area contributed by atoms with Gasteiger partial charge in [0.25, 0.3) is 0 Å². The summed E-state index contributed by atoms with van der Waals surface area (Å²) in [4.78, 5) is 12.4. The quantitative estimate of drug-likeness (QED) is 0.793. The van der Waals surface area contributed by atoms with Crippen molar-refractivity contribution in [3.63, 3.8) is 0 Å². The first-order chi connectivity index (χ1) is 9.02. The highest BCUT2D eigenvalue weighted by molar-refractivity contribution is 6.35. The fourth-order valence-corrected chi connectivity index (χ4v) is 2.07. The zero-order chi connectivity index (χ0) is 14.0. The number of carbonyl (C=O) groups is 1. The molecule has 0 spiro atoms. The summed E-state index contributed by atoms with van der Waals surface area (Å²) in [5.41, 5.74) is 1.60. The van der Waals surface area contributed by atoms with E-state index in [2.05, 4.69) is 0 Å². The van der Waals surface area contributed by atoms with Gasteiger partial charge in [0.1, 0.15) is 11.6 Å². The Hall–Kier alpha value is -1.87. The van der Waals surface area contributed by atoms with Crippen LogP contribution in [0.15, 0.2) is 36.4 Å². The van der Waals surface area contributed by atoms with Gasteiger partial charge >= 0.3 is 0 Å². The number of rotatable bonds is 3. The third kappa shape index (κ3) is 2.76. The minimum absolute atomic E-state index is 0.0913. The van der Waals surface area contributed by atoms with E-state index in [1.807, 2.05) is 13.0 Å². The lowest BCUT2D eigenvalue weighted by molar-refractivity contribution is 0.103. The van der Waals surface area contributed by atoms with E-state index in [0.29, 0.717) is 11.3 Å². The Labute approximate surface area is 115 Å². The zero-order valence-corrected chi connectivity index (χ0v) is 11.3. The Morgan fingerprint density at radius 3 is 2.53 bits per heavy atom. The molecule has 0 N–H and O–H groups in total. The molecule has 0 amide bonds. The van der Waals surface area contributed by atoms with Gasteiger partial charge in [0.15, 0.2) is 5.78 Å². The molecule has 0 saturated carbocycles. The Kier molecular flexibility index (Phi) is 3.86. The van der Waals surface area contributed by atoms with Gasteiger partial charge in [-0.1, -0.05) is 23.2 Å². The molecule has 0 unspecified atom stereocenters. The smallest absolute Gasteiger partial charge is 0.198 e. The molecule has 0 bridgehead atoms. The molecule has 2 aromatic rings. The second-order valence-electron chi connectivity index (χ2n) is 4.16. The average molecular weight is 279 g/mol. The molecule has 19 heavy (non-hydrogen) atoms. The standard InChI is InChI=1S/C15H12ClFO2/c1-9-3-6-14(19-2)12(7-9)15(18)11-5-4-10(17)8-13(11)16/h3-8H,1-2H3. The summed E-state index contributed by atoms with van der Waals surface area (Å²) >= 11 is 5.91. The third-order valence-corrected chi connectivity index (χ3v) is 3.09. The second-order valence-corrected chi connectivity index (χ2v) is 4.56. The lowest BCUT2D eigenvalue weighted by atomic mass is 10.0. The molecular formula is C15H12ClFO2. The van der Waals surface area contributed by atoms with Crippen LogP contribution in [0.5, 0.6) is 5.75 Å². The van der Waals surface area contributed by atoms with E-state index in [4.69, 9.17) is 16.3 Å². The van der Waals surface area contributed by atoms with E-state index in [9.17, 15) is 9.18 Å². The number of methoxy groups -OCH3 is 1. The number of benzene rings is 2. The van der Waals surface area contributed by atoms with Gasteiger partial charge in [-0.2, -0.15) is 0 Å². The second kappa shape index (κ2) is 5.41. The zero-order valence-electron chi connectivity index (χ0n) is 10.5. The van der Waals surface area contributed by atoms with Crippen molar-refractivity contribution in [2.45, 2.75) is 6.92 Å². The summed E-state index contributed by atoms with van der Waals surface area (Å²) in [5.74, 6) is -0.292. The minimum atomic E-state index is -0.474. The summed E-state index contributed by atoms with van der Waals surface area (Å²) in [6, 6.07) is 9.00. The molecule has 2 aromatic carbocycles. The number of hydrogen-bond donors (Lipinski definition) is 0. The molecule has 0 atom stereocenters. The normalized spacial score (nSPS) is 10.3. The van der Waals surface area contributed by atoms with Crippen LogP contribution < -0.4 is 4.74 Å². The first-order valence-electron chi connectivity index (χ1n) is 5.67. The van der Waals surface area contributed by atoms with Gasteiger partial charge in [-0.05, 0) is 37.3 Å². The maximum absolute atomic E-state index is 13.0. The van der Waals surface area contributed by atoms with Crippen molar-refractivity contribution in [3.05, 3.63) is 63.9 Å². The predicted octanol–water partition coefficient (Wildman–Crippen LogP) is 4.03. The van der Waals surface area contributed by atoms with E-state index in [1.165, 1.54) is 19.2 Å². The van der Waals surface area contributed by atoms with Gasteiger partial charge in [0.2, 0.25) is 0 Å². The van der Waals surface area contributed by atoms with Gasteiger partial charge in [0.05, 0.1) is 17.7 Å². The molecule has 98 valence electrons. The van der Waals surface area contributed by atoms with Crippen molar-refractivity contribution in [3.8, 4) is 5.75 Å². The highest BCUT2D eigenvalue weighted by Crippen LogP contribution is 2.26.